The van der Waals surface area contributed by atoms with Crippen LogP contribution in [0.5, 0.6) is 0 Å². The lowest BCUT2D eigenvalue weighted by Gasteiger charge is -2.29. The van der Waals surface area contributed by atoms with Crippen LogP contribution in [0.1, 0.15) is 35.1 Å². The van der Waals surface area contributed by atoms with Gasteiger partial charge < -0.3 is 10.6 Å². The van der Waals surface area contributed by atoms with Crippen LogP contribution in [0.4, 0.5) is 26.3 Å². The summed E-state index contributed by atoms with van der Waals surface area (Å²) < 4.78 is 77.5. The molecule has 0 saturated carbocycles. The molecule has 0 unspecified atom stereocenters. The zero-order valence-corrected chi connectivity index (χ0v) is 17.5. The molecular formula is C24H22F6N2O. The number of hydrogen-bond donors (Lipinski definition) is 1. The van der Waals surface area contributed by atoms with E-state index < -0.39 is 23.5 Å². The second-order valence-corrected chi connectivity index (χ2v) is 7.75. The minimum atomic E-state index is -4.51. The summed E-state index contributed by atoms with van der Waals surface area (Å²) in [4.78, 5) is 14.0. The van der Waals surface area contributed by atoms with E-state index in [2.05, 4.69) is 0 Å². The molecule has 1 aliphatic rings. The van der Waals surface area contributed by atoms with Gasteiger partial charge in [-0.25, -0.2) is 0 Å². The number of rotatable bonds is 4. The van der Waals surface area contributed by atoms with E-state index in [1.54, 1.807) is 4.90 Å². The van der Waals surface area contributed by atoms with Gasteiger partial charge in [0.25, 0.3) is 0 Å². The first-order chi connectivity index (χ1) is 15.4. The minimum absolute atomic E-state index is 0.0591. The molecule has 33 heavy (non-hydrogen) atoms. The average molecular weight is 468 g/mol. The number of carbonyl (C=O) groups excluding carboxylic acids is 1. The molecule has 0 aliphatic carbocycles. The molecule has 1 saturated heterocycles. The summed E-state index contributed by atoms with van der Waals surface area (Å²) in [5, 5.41) is 0. The highest BCUT2D eigenvalue weighted by Crippen LogP contribution is 2.33. The second-order valence-electron chi connectivity index (χ2n) is 7.75. The molecule has 0 spiro atoms. The van der Waals surface area contributed by atoms with Gasteiger partial charge in [-0.1, -0.05) is 36.4 Å². The molecule has 3 nitrogen and oxygen atoms in total. The zero-order valence-electron chi connectivity index (χ0n) is 17.5. The molecule has 0 atom stereocenters. The van der Waals surface area contributed by atoms with Gasteiger partial charge >= 0.3 is 12.4 Å². The quantitative estimate of drug-likeness (QED) is 0.358. The van der Waals surface area contributed by atoms with Crippen molar-refractivity contribution < 1.29 is 31.1 Å². The smallest absolute Gasteiger partial charge is 0.339 e. The number of hydrogen-bond acceptors (Lipinski definition) is 2. The Kier molecular flexibility index (Phi) is 7.31. The number of nitrogens with two attached hydrogens (primary N) is 1. The van der Waals surface area contributed by atoms with Crippen LogP contribution in [0.3, 0.4) is 0 Å². The van der Waals surface area contributed by atoms with Gasteiger partial charge in [0.2, 0.25) is 5.91 Å². The van der Waals surface area contributed by atoms with Gasteiger partial charge in [0.05, 0.1) is 11.1 Å². The van der Waals surface area contributed by atoms with Gasteiger partial charge in [-0.2, -0.15) is 26.3 Å². The van der Waals surface area contributed by atoms with E-state index >= 15 is 0 Å². The van der Waals surface area contributed by atoms with Gasteiger partial charge in [-0.3, -0.25) is 4.79 Å². The van der Waals surface area contributed by atoms with Crippen molar-refractivity contribution in [2.75, 3.05) is 13.1 Å². The summed E-state index contributed by atoms with van der Waals surface area (Å²) in [7, 11) is 0. The lowest BCUT2D eigenvalue weighted by molar-refractivity contribution is -0.138. The number of carbonyl (C=O) groups is 1. The number of halogens is 6. The van der Waals surface area contributed by atoms with Crippen molar-refractivity contribution in [1.29, 1.82) is 0 Å². The van der Waals surface area contributed by atoms with Crippen molar-refractivity contribution in [3.8, 4) is 0 Å². The Morgan fingerprint density at radius 2 is 1.24 bits per heavy atom. The predicted octanol–water partition coefficient (Wildman–Crippen LogP) is 5.66. The molecule has 3 rings (SSSR count). The molecule has 2 N–H and O–H groups in total. The lowest BCUT2D eigenvalue weighted by atomic mass is 9.95. The fourth-order valence-electron chi connectivity index (χ4n) is 3.49. The van der Waals surface area contributed by atoms with Gasteiger partial charge in [-0.05, 0) is 53.8 Å². The van der Waals surface area contributed by atoms with Crippen molar-refractivity contribution in [1.82, 2.24) is 4.90 Å². The molecule has 1 heterocycles. The SMILES string of the molecule is NC1CCN(C(=O)/C=C/C=C(c2ccc(C(F)(F)F)cc2)c2ccc(C(F)(F)F)cc2)CC1. The highest BCUT2D eigenvalue weighted by Gasteiger charge is 2.31. The Balaban J connectivity index is 1.90. The van der Waals surface area contributed by atoms with Crippen molar-refractivity contribution in [3.05, 3.63) is 89.0 Å². The molecule has 9 heteroatoms. The van der Waals surface area contributed by atoms with Crippen LogP contribution in [0.15, 0.2) is 66.8 Å². The molecule has 1 amide bonds. The Morgan fingerprint density at radius 3 is 1.64 bits per heavy atom. The third-order valence-corrected chi connectivity index (χ3v) is 5.40. The molecule has 0 radical (unpaired) electrons. The molecule has 1 fully saturated rings. The largest absolute Gasteiger partial charge is 0.416 e. The number of likely N-dealkylation sites (tertiary alicyclic amines) is 1. The highest BCUT2D eigenvalue weighted by molar-refractivity contribution is 5.89. The minimum Gasteiger partial charge on any atom is -0.339 e. The maximum absolute atomic E-state index is 12.9. The number of allylic oxidation sites excluding steroid dienone is 2. The summed E-state index contributed by atoms with van der Waals surface area (Å²) in [6.45, 7) is 1.05. The van der Waals surface area contributed by atoms with Crippen LogP contribution in [0.25, 0.3) is 5.57 Å². The average Bonchev–Trinajstić information content (AvgIpc) is 2.76. The number of alkyl halides is 6. The van der Waals surface area contributed by atoms with Crippen LogP contribution in [-0.2, 0) is 17.1 Å². The topological polar surface area (TPSA) is 46.3 Å². The summed E-state index contributed by atoms with van der Waals surface area (Å²) in [6.07, 6.45) is -3.37. The van der Waals surface area contributed by atoms with Crippen LogP contribution in [0.2, 0.25) is 0 Å². The Bertz CT molecular complexity index is 953. The lowest BCUT2D eigenvalue weighted by Crippen LogP contribution is -2.42. The Hall–Kier alpha value is -3.07. The van der Waals surface area contributed by atoms with Gasteiger partial charge in [-0.15, -0.1) is 0 Å². The molecule has 176 valence electrons. The van der Waals surface area contributed by atoms with Gasteiger partial charge in [0, 0.05) is 25.2 Å². The number of nitrogens with zero attached hydrogens (tertiary/aromatic N) is 1. The zero-order chi connectivity index (χ0) is 24.2. The van der Waals surface area contributed by atoms with E-state index in [1.165, 1.54) is 42.5 Å². The van der Waals surface area contributed by atoms with E-state index in [4.69, 9.17) is 5.73 Å². The maximum atomic E-state index is 12.9. The summed E-state index contributed by atoms with van der Waals surface area (Å²) in [5.74, 6) is -0.239. The van der Waals surface area contributed by atoms with Crippen LogP contribution in [0, 0.1) is 0 Å². The van der Waals surface area contributed by atoms with E-state index in [-0.39, 0.29) is 11.9 Å². The molecular weight excluding hydrogens is 446 g/mol. The Labute approximate surface area is 187 Å². The van der Waals surface area contributed by atoms with E-state index in [1.807, 2.05) is 0 Å². The van der Waals surface area contributed by atoms with Crippen LogP contribution < -0.4 is 5.73 Å². The summed E-state index contributed by atoms with van der Waals surface area (Å²) in [5.41, 5.74) is 5.26. The second kappa shape index (κ2) is 9.82. The van der Waals surface area contributed by atoms with Crippen molar-refractivity contribution in [2.45, 2.75) is 31.2 Å². The molecule has 2 aromatic rings. The molecule has 1 aliphatic heterocycles. The first kappa shape index (κ1) is 24.6. The van der Waals surface area contributed by atoms with Crippen molar-refractivity contribution >= 4 is 11.5 Å². The van der Waals surface area contributed by atoms with Crippen LogP contribution >= 0.6 is 0 Å². The first-order valence-corrected chi connectivity index (χ1v) is 10.2. The van der Waals surface area contributed by atoms with E-state index in [0.717, 1.165) is 24.3 Å². The summed E-state index contributed by atoms with van der Waals surface area (Å²) >= 11 is 0. The third kappa shape index (κ3) is 6.47. The Morgan fingerprint density at radius 1 is 0.818 bits per heavy atom. The van der Waals surface area contributed by atoms with Crippen molar-refractivity contribution in [3.63, 3.8) is 0 Å². The molecule has 0 bridgehead atoms. The first-order valence-electron chi connectivity index (χ1n) is 10.2. The molecule has 0 aromatic heterocycles. The maximum Gasteiger partial charge on any atom is 0.416 e. The van der Waals surface area contributed by atoms with E-state index in [0.29, 0.717) is 42.6 Å². The molecule has 2 aromatic carbocycles. The standard InChI is InChI=1S/C24H22F6N2O/c25-23(26,27)18-8-4-16(5-9-18)21(17-6-10-19(11-7-17)24(28,29)30)2-1-3-22(33)32-14-12-20(31)13-15-32/h1-11,20H,12-15,31H2/b3-1+. The number of piperidine rings is 1. The monoisotopic (exact) mass is 468 g/mol. The third-order valence-electron chi connectivity index (χ3n) is 5.40. The van der Waals surface area contributed by atoms with Gasteiger partial charge in [0.15, 0.2) is 0 Å². The van der Waals surface area contributed by atoms with Gasteiger partial charge in [0.1, 0.15) is 0 Å². The fraction of sp³-hybridized carbons (Fsp3) is 0.292. The number of benzene rings is 2. The fourth-order valence-corrected chi connectivity index (χ4v) is 3.49. The van der Waals surface area contributed by atoms with Crippen molar-refractivity contribution in [2.24, 2.45) is 5.73 Å². The summed E-state index contributed by atoms with van der Waals surface area (Å²) in [6, 6.07) is 8.64. The van der Waals surface area contributed by atoms with Crippen LogP contribution in [-0.4, -0.2) is 29.9 Å². The predicted molar refractivity (Wildman–Crippen MR) is 113 cm³/mol. The normalized spacial score (nSPS) is 15.7. The van der Waals surface area contributed by atoms with E-state index in [9.17, 15) is 31.1 Å². The number of amides is 1. The highest BCUT2D eigenvalue weighted by atomic mass is 19.4.